The highest BCUT2D eigenvalue weighted by molar-refractivity contribution is 6.79. The second kappa shape index (κ2) is 15.0. The Labute approximate surface area is 175 Å². The Balaban J connectivity index is 1.87. The zero-order valence-electron chi connectivity index (χ0n) is 18.9. The third-order valence-corrected chi connectivity index (χ3v) is 9.29. The average Bonchev–Trinajstić information content (AvgIpc) is 3.00. The number of rotatable bonds is 18. The summed E-state index contributed by atoms with van der Waals surface area (Å²) < 4.78 is 1.55. The highest BCUT2D eigenvalue weighted by atomic mass is 28.3. The van der Waals surface area contributed by atoms with E-state index in [2.05, 4.69) is 20.0 Å². The Hall–Kier alpha value is -0.903. The molecule has 0 saturated heterocycles. The molecule has 1 rings (SSSR count). The van der Waals surface area contributed by atoms with E-state index in [1.165, 1.54) is 108 Å². The van der Waals surface area contributed by atoms with E-state index in [0.29, 0.717) is 0 Å². The summed E-state index contributed by atoms with van der Waals surface area (Å²) >= 11 is 0. The lowest BCUT2D eigenvalue weighted by Crippen LogP contribution is -2.51. The predicted molar refractivity (Wildman–Crippen MR) is 123 cm³/mol. The number of imide groups is 1. The molecule has 1 aliphatic rings. The second-order valence-electron chi connectivity index (χ2n) is 9.21. The SMILES string of the molecule is CCCCCCCCCCCCCCCCCC[Si](C)(C)N1C(=O)C=CC1=O. The number of amides is 2. The molecule has 0 spiro atoms. The van der Waals surface area contributed by atoms with Crippen LogP contribution in [-0.4, -0.2) is 24.6 Å². The zero-order chi connectivity index (χ0) is 20.7. The first-order chi connectivity index (χ1) is 13.5. The molecule has 4 heteroatoms. The third kappa shape index (κ3) is 10.6. The molecule has 0 aromatic carbocycles. The van der Waals surface area contributed by atoms with Crippen LogP contribution in [0.25, 0.3) is 0 Å². The van der Waals surface area contributed by atoms with E-state index in [-0.39, 0.29) is 11.8 Å². The lowest BCUT2D eigenvalue weighted by Gasteiger charge is -2.31. The molecule has 28 heavy (non-hydrogen) atoms. The van der Waals surface area contributed by atoms with Gasteiger partial charge < -0.3 is 4.57 Å². The van der Waals surface area contributed by atoms with Crippen LogP contribution in [0.15, 0.2) is 12.2 Å². The monoisotopic (exact) mass is 407 g/mol. The lowest BCUT2D eigenvalue weighted by atomic mass is 10.0. The molecule has 0 N–H and O–H groups in total. The standard InChI is InChI=1S/C24H45NO2Si/c1-4-5-6-7-8-9-10-11-12-13-14-15-16-17-18-19-22-28(2,3)25-23(26)20-21-24(25)27/h20-21H,4-19,22H2,1-3H3. The van der Waals surface area contributed by atoms with Gasteiger partial charge in [-0.25, -0.2) is 0 Å². The van der Waals surface area contributed by atoms with Gasteiger partial charge in [0.1, 0.15) is 0 Å². The van der Waals surface area contributed by atoms with Crippen molar-refractivity contribution in [2.45, 2.75) is 129 Å². The fourth-order valence-electron chi connectivity index (χ4n) is 4.21. The van der Waals surface area contributed by atoms with Crippen molar-refractivity contribution >= 4 is 20.0 Å². The molecule has 3 nitrogen and oxygen atoms in total. The van der Waals surface area contributed by atoms with Gasteiger partial charge in [-0.15, -0.1) is 0 Å². The number of hydrogen-bond donors (Lipinski definition) is 0. The zero-order valence-corrected chi connectivity index (χ0v) is 19.9. The Kier molecular flexibility index (Phi) is 13.5. The van der Waals surface area contributed by atoms with Gasteiger partial charge in [-0.3, -0.25) is 9.59 Å². The fourth-order valence-corrected chi connectivity index (χ4v) is 6.90. The van der Waals surface area contributed by atoms with E-state index in [0.717, 1.165) is 12.5 Å². The maximum Gasteiger partial charge on any atom is 0.245 e. The summed E-state index contributed by atoms with van der Waals surface area (Å²) in [6.45, 7) is 6.56. The maximum absolute atomic E-state index is 11.9. The molecule has 0 radical (unpaired) electrons. The van der Waals surface area contributed by atoms with E-state index in [9.17, 15) is 9.59 Å². The molecule has 0 fully saturated rings. The van der Waals surface area contributed by atoms with Crippen molar-refractivity contribution in [2.24, 2.45) is 0 Å². The van der Waals surface area contributed by atoms with Crippen LogP contribution in [0.3, 0.4) is 0 Å². The minimum atomic E-state index is -1.93. The van der Waals surface area contributed by atoms with Gasteiger partial charge in [0.25, 0.3) is 0 Å². The minimum absolute atomic E-state index is 0.0989. The van der Waals surface area contributed by atoms with Gasteiger partial charge in [-0.05, 0) is 6.04 Å². The van der Waals surface area contributed by atoms with Crippen LogP contribution in [-0.2, 0) is 9.59 Å². The van der Waals surface area contributed by atoms with Crippen LogP contribution in [0.2, 0.25) is 19.1 Å². The maximum atomic E-state index is 11.9. The molecule has 1 heterocycles. The Morgan fingerprint density at radius 3 is 1.29 bits per heavy atom. The number of carbonyl (C=O) groups is 2. The van der Waals surface area contributed by atoms with Crippen LogP contribution in [0.1, 0.15) is 110 Å². The summed E-state index contributed by atoms with van der Waals surface area (Å²) in [4.78, 5) is 23.7. The van der Waals surface area contributed by atoms with Crippen molar-refractivity contribution in [3.8, 4) is 0 Å². The second-order valence-corrected chi connectivity index (χ2v) is 13.8. The first-order valence-corrected chi connectivity index (χ1v) is 15.2. The fraction of sp³-hybridized carbons (Fsp3) is 0.833. The summed E-state index contributed by atoms with van der Waals surface area (Å²) in [5, 5.41) is 0. The van der Waals surface area contributed by atoms with Crippen molar-refractivity contribution < 1.29 is 9.59 Å². The van der Waals surface area contributed by atoms with Crippen molar-refractivity contribution in [3.05, 3.63) is 12.2 Å². The van der Waals surface area contributed by atoms with Gasteiger partial charge in [0.05, 0.1) is 0 Å². The highest BCUT2D eigenvalue weighted by Crippen LogP contribution is 2.23. The van der Waals surface area contributed by atoms with Gasteiger partial charge >= 0.3 is 0 Å². The van der Waals surface area contributed by atoms with Crippen molar-refractivity contribution in [1.29, 1.82) is 0 Å². The van der Waals surface area contributed by atoms with Gasteiger partial charge in [-0.2, -0.15) is 0 Å². The van der Waals surface area contributed by atoms with E-state index >= 15 is 0 Å². The highest BCUT2D eigenvalue weighted by Gasteiger charge is 2.38. The van der Waals surface area contributed by atoms with Crippen LogP contribution in [0.4, 0.5) is 0 Å². The van der Waals surface area contributed by atoms with Crippen LogP contribution in [0, 0.1) is 0 Å². The van der Waals surface area contributed by atoms with Crippen LogP contribution >= 0.6 is 0 Å². The summed E-state index contributed by atoms with van der Waals surface area (Å²) in [6, 6.07) is 1.03. The molecule has 0 aliphatic carbocycles. The molecule has 2 amide bonds. The van der Waals surface area contributed by atoms with Gasteiger partial charge in [0.2, 0.25) is 11.8 Å². The van der Waals surface area contributed by atoms with Gasteiger partial charge in [-0.1, -0.05) is 123 Å². The smallest absolute Gasteiger partial charge is 0.245 e. The first-order valence-electron chi connectivity index (χ1n) is 12.1. The van der Waals surface area contributed by atoms with Gasteiger partial charge in [0, 0.05) is 12.2 Å². The normalized spacial score (nSPS) is 14.5. The summed E-state index contributed by atoms with van der Waals surface area (Å²) in [7, 11) is -1.93. The Morgan fingerprint density at radius 1 is 0.607 bits per heavy atom. The summed E-state index contributed by atoms with van der Waals surface area (Å²) in [5.41, 5.74) is 0. The molecule has 0 unspecified atom stereocenters. The number of nitrogens with zero attached hydrogens (tertiary/aromatic N) is 1. The molecule has 0 atom stereocenters. The molecule has 0 bridgehead atoms. The van der Waals surface area contributed by atoms with Crippen molar-refractivity contribution in [3.63, 3.8) is 0 Å². The molecule has 0 aromatic rings. The quantitative estimate of drug-likeness (QED) is 0.135. The summed E-state index contributed by atoms with van der Waals surface area (Å²) in [6.07, 6.45) is 24.8. The Bertz CT molecular complexity index is 455. The number of hydrogen-bond acceptors (Lipinski definition) is 2. The molecule has 162 valence electrons. The minimum Gasteiger partial charge on any atom is -0.305 e. The lowest BCUT2D eigenvalue weighted by molar-refractivity contribution is -0.131. The Morgan fingerprint density at radius 2 is 0.929 bits per heavy atom. The van der Waals surface area contributed by atoms with Crippen molar-refractivity contribution in [1.82, 2.24) is 4.57 Å². The largest absolute Gasteiger partial charge is 0.305 e. The van der Waals surface area contributed by atoms with Crippen LogP contribution < -0.4 is 0 Å². The average molecular weight is 408 g/mol. The molecular weight excluding hydrogens is 362 g/mol. The third-order valence-electron chi connectivity index (χ3n) is 6.06. The summed E-state index contributed by atoms with van der Waals surface area (Å²) in [5.74, 6) is -0.198. The molecule has 0 saturated carbocycles. The molecule has 1 aliphatic heterocycles. The van der Waals surface area contributed by atoms with E-state index < -0.39 is 8.24 Å². The molecular formula is C24H45NO2Si. The topological polar surface area (TPSA) is 37.4 Å². The van der Waals surface area contributed by atoms with Crippen LogP contribution in [0.5, 0.6) is 0 Å². The first kappa shape index (κ1) is 25.1. The number of carbonyl (C=O) groups excluding carboxylic acids is 2. The van der Waals surface area contributed by atoms with E-state index in [1.807, 2.05) is 0 Å². The predicted octanol–water partition coefficient (Wildman–Crippen LogP) is 7.38. The van der Waals surface area contributed by atoms with Crippen molar-refractivity contribution in [2.75, 3.05) is 0 Å². The van der Waals surface area contributed by atoms with E-state index in [1.54, 1.807) is 4.57 Å². The van der Waals surface area contributed by atoms with Gasteiger partial charge in [0.15, 0.2) is 8.24 Å². The molecule has 0 aromatic heterocycles. The van der Waals surface area contributed by atoms with E-state index in [4.69, 9.17) is 0 Å². The number of unbranched alkanes of at least 4 members (excludes halogenated alkanes) is 15.